The lowest BCUT2D eigenvalue weighted by molar-refractivity contribution is -0.163. The van der Waals surface area contributed by atoms with Crippen LogP contribution in [-0.2, 0) is 86.0 Å². The molecule has 0 aliphatic heterocycles. The summed E-state index contributed by atoms with van der Waals surface area (Å²) in [6.07, 6.45) is 12.5. The second kappa shape index (κ2) is 28.0. The van der Waals surface area contributed by atoms with Gasteiger partial charge in [0.1, 0.15) is 0 Å². The molecule has 5 fully saturated rings. The molecule has 0 heterocycles. The molecular formula is C48H63BrO24. The highest BCUT2D eigenvalue weighted by molar-refractivity contribution is 9.09. The van der Waals surface area contributed by atoms with Gasteiger partial charge in [-0.15, -0.1) is 32.9 Å². The second-order valence-corrected chi connectivity index (χ2v) is 17.0. The predicted molar refractivity (Wildman–Crippen MR) is 255 cm³/mol. The summed E-state index contributed by atoms with van der Waals surface area (Å²) in [4.78, 5) is 130. The van der Waals surface area contributed by atoms with Crippen LogP contribution in [0.2, 0.25) is 0 Å². The van der Waals surface area contributed by atoms with E-state index in [2.05, 4.69) is 77.2 Å². The molecule has 6 N–H and O–H groups in total. The van der Waals surface area contributed by atoms with Gasteiger partial charge in [0, 0.05) is 36.3 Å². The third-order valence-corrected chi connectivity index (χ3v) is 13.0. The largest absolute Gasteiger partial charge is 0.480 e. The molecule has 5 saturated carbocycles. The van der Waals surface area contributed by atoms with Gasteiger partial charge in [-0.3, -0.25) is 57.5 Å². The van der Waals surface area contributed by atoms with E-state index in [-0.39, 0.29) is 32.5 Å². The first-order chi connectivity index (χ1) is 34.1. The molecule has 5 aliphatic rings. The number of allylic oxidation sites excluding steroid dienone is 7. The molecule has 406 valence electrons. The summed E-state index contributed by atoms with van der Waals surface area (Å²) in [6.45, 7) is 17.1. The van der Waals surface area contributed by atoms with Crippen molar-refractivity contribution < 1.29 is 118 Å². The standard InChI is InChI=1S/C9H13BrO4.2C9H12O4.3C7H8O4.H2/c1-13-8(11)7(9(12)14-2)5-3-4-6-10;2*1-4-6-5-9(6,7(10)12-2)8(11)13-3;3*1-2-4-3-7(4,5(8)9)6(10)11;/h3-4,7H,5-6H2,1-2H3;2*4,6H,1,5H2,2-3H3;3*2,4H,1,3H2,(H,8,9)(H,10,11);1H/b4-3+;;;;;;/t;6-;;2*4-;;/m.1.10../s1/i;;;;;;1+2. The number of alkyl halides is 1. The maximum Gasteiger partial charge on any atom is 0.323 e. The van der Waals surface area contributed by atoms with Crippen LogP contribution in [-0.4, -0.2) is 150 Å². The van der Waals surface area contributed by atoms with Crippen LogP contribution in [0.1, 0.15) is 40.0 Å². The Balaban J connectivity index is 0. The van der Waals surface area contributed by atoms with Gasteiger partial charge in [0.05, 0.1) is 42.7 Å². The van der Waals surface area contributed by atoms with Crippen LogP contribution in [0.3, 0.4) is 0 Å². The van der Waals surface area contributed by atoms with Gasteiger partial charge in [-0.05, 0) is 38.5 Å². The number of rotatable bonds is 20. The molecular weight excluding hydrogens is 1040 g/mol. The summed E-state index contributed by atoms with van der Waals surface area (Å²) < 4.78 is 27.1. The van der Waals surface area contributed by atoms with Crippen molar-refractivity contribution >= 4 is 87.6 Å². The van der Waals surface area contributed by atoms with Gasteiger partial charge in [-0.2, -0.15) is 0 Å². The van der Waals surface area contributed by atoms with Crippen molar-refractivity contribution in [1.82, 2.24) is 0 Å². The molecule has 24 nitrogen and oxygen atoms in total. The zero-order chi connectivity index (χ0) is 57.0. The molecule has 0 radical (unpaired) electrons. The van der Waals surface area contributed by atoms with Crippen LogP contribution in [0.15, 0.2) is 75.4 Å². The summed E-state index contributed by atoms with van der Waals surface area (Å²) in [7, 11) is 7.51. The smallest absolute Gasteiger partial charge is 0.323 e. The predicted octanol–water partition coefficient (Wildman–Crippen LogP) is 3.63. The minimum Gasteiger partial charge on any atom is -0.480 e. The van der Waals surface area contributed by atoms with E-state index in [4.69, 9.17) is 30.6 Å². The first-order valence-corrected chi connectivity index (χ1v) is 22.4. The second-order valence-electron chi connectivity index (χ2n) is 16.3. The molecule has 25 heteroatoms. The fraction of sp³-hybridized carbons (Fsp3) is 0.500. The number of ether oxygens (including phenoxy) is 6. The van der Waals surface area contributed by atoms with Crippen molar-refractivity contribution in [2.75, 3.05) is 48.0 Å². The fourth-order valence-electron chi connectivity index (χ4n) is 7.31. The number of carbonyl (C=O) groups is 12. The fourth-order valence-corrected chi connectivity index (χ4v) is 7.58. The molecule has 5 atom stereocenters. The Kier molecular flexibility index (Phi) is 25.1. The zero-order valence-corrected chi connectivity index (χ0v) is 42.5. The summed E-state index contributed by atoms with van der Waals surface area (Å²) in [5.41, 5.74) is -6.91. The molecule has 73 heavy (non-hydrogen) atoms. The molecule has 5 rings (SSSR count). The number of aliphatic carboxylic acids is 6. The van der Waals surface area contributed by atoms with Gasteiger partial charge >= 0.3 is 71.6 Å². The van der Waals surface area contributed by atoms with Crippen LogP contribution in [0, 0.1) is 62.6 Å². The molecule has 0 amide bonds. The molecule has 0 saturated heterocycles. The summed E-state index contributed by atoms with van der Waals surface area (Å²) in [5.74, 6) is -13.3. The highest BCUT2D eigenvalue weighted by atomic mass is 79.9. The van der Waals surface area contributed by atoms with Gasteiger partial charge < -0.3 is 59.1 Å². The maximum absolute atomic E-state index is 11.3. The quantitative estimate of drug-likeness (QED) is 0.0333. The van der Waals surface area contributed by atoms with Gasteiger partial charge in [-0.1, -0.05) is 58.5 Å². The van der Waals surface area contributed by atoms with Crippen LogP contribution in [0.25, 0.3) is 0 Å². The lowest BCUT2D eigenvalue weighted by Gasteiger charge is -2.10. The minimum absolute atomic E-state index is 0. The normalized spacial score (nSPS) is 21.8. The molecule has 0 bridgehead atoms. The number of hydrogen-bond donors (Lipinski definition) is 6. The lowest BCUT2D eigenvalue weighted by Crippen LogP contribution is -2.30. The summed E-state index contributed by atoms with van der Waals surface area (Å²) in [5, 5.41) is 52.0. The minimum atomic E-state index is -1.57. The molecule has 0 aromatic rings. The van der Waals surface area contributed by atoms with Crippen LogP contribution >= 0.6 is 15.9 Å². The molecule has 0 spiro atoms. The Morgan fingerprint density at radius 2 is 0.630 bits per heavy atom. The number of esters is 6. The Morgan fingerprint density at radius 3 is 0.753 bits per heavy atom. The van der Waals surface area contributed by atoms with E-state index in [1.165, 1.54) is 60.9 Å². The van der Waals surface area contributed by atoms with E-state index in [1.54, 1.807) is 24.3 Å². The van der Waals surface area contributed by atoms with Gasteiger partial charge in [0.15, 0.2) is 33.0 Å². The van der Waals surface area contributed by atoms with E-state index in [1.807, 2.05) is 0 Å². The van der Waals surface area contributed by atoms with Gasteiger partial charge in [0.25, 0.3) is 0 Å². The molecule has 0 aromatic heterocycles. The monoisotopic (exact) mass is 1100 g/mol. The Morgan fingerprint density at radius 1 is 0.425 bits per heavy atom. The van der Waals surface area contributed by atoms with Gasteiger partial charge in [-0.25, -0.2) is 0 Å². The Hall–Kier alpha value is -7.44. The van der Waals surface area contributed by atoms with Crippen molar-refractivity contribution in [1.29, 1.82) is 0 Å². The first-order valence-electron chi connectivity index (χ1n) is 21.3. The summed E-state index contributed by atoms with van der Waals surface area (Å²) >= 11 is 3.19. The Labute approximate surface area is 428 Å². The van der Waals surface area contributed by atoms with E-state index < -0.39 is 122 Å². The van der Waals surface area contributed by atoms with E-state index >= 15 is 0 Å². The third kappa shape index (κ3) is 14.4. The molecule has 5 aliphatic carbocycles. The number of carboxylic acid groups (broad SMARTS) is 6. The lowest BCUT2D eigenvalue weighted by atomic mass is 10.0. The highest BCUT2D eigenvalue weighted by Gasteiger charge is 2.69. The average Bonchev–Trinajstić information content (AvgIpc) is 4.16. The number of methoxy groups -OCH3 is 6. The number of halogens is 1. The average molecular weight is 1110 g/mol. The summed E-state index contributed by atoms with van der Waals surface area (Å²) in [6, 6.07) is 0. The Bertz CT molecular complexity index is 1970. The SMILES string of the molecule is C=CC1CC1(C(=O)O)C(=O)O.C=CC1CC1(C(=O)OC)C(=O)OC.C=C[C@@H]1CC1(C(=O)O)C(=O)O.C=C[C@@H]1CC1(C(=O)OC)C(=O)OC.C=C[C@H]1CC1(C(=O)O)C(=O)O.COC(=O)C(C/C=C/CBr)C(=O)OC.[3HH]. The van der Waals surface area contributed by atoms with Crippen LogP contribution in [0.5, 0.6) is 0 Å². The van der Waals surface area contributed by atoms with Crippen LogP contribution < -0.4 is 0 Å². The van der Waals surface area contributed by atoms with Gasteiger partial charge in [0.2, 0.25) is 0 Å². The third-order valence-electron chi connectivity index (χ3n) is 12.6. The van der Waals surface area contributed by atoms with Crippen molar-refractivity contribution in [3.63, 3.8) is 0 Å². The molecule has 0 aromatic carbocycles. The first kappa shape index (κ1) is 65.6. The van der Waals surface area contributed by atoms with Crippen LogP contribution in [0.4, 0.5) is 0 Å². The number of carbonyl (C=O) groups excluding carboxylic acids is 6. The van der Waals surface area contributed by atoms with Crippen molar-refractivity contribution in [2.45, 2.75) is 38.5 Å². The zero-order valence-electron chi connectivity index (χ0n) is 40.9. The number of carboxylic acids is 6. The number of hydrogen-bond acceptors (Lipinski definition) is 18. The van der Waals surface area contributed by atoms with Crippen molar-refractivity contribution in [3.8, 4) is 0 Å². The highest BCUT2D eigenvalue weighted by Crippen LogP contribution is 2.57. The van der Waals surface area contributed by atoms with E-state index in [9.17, 15) is 57.5 Å². The van der Waals surface area contributed by atoms with Crippen molar-refractivity contribution in [2.24, 2.45) is 62.6 Å². The van der Waals surface area contributed by atoms with E-state index in [0.717, 1.165) is 0 Å². The van der Waals surface area contributed by atoms with Crippen molar-refractivity contribution in [3.05, 3.63) is 75.4 Å². The topological polar surface area (TPSA) is 382 Å². The molecule has 2 unspecified atom stereocenters. The maximum atomic E-state index is 11.3. The van der Waals surface area contributed by atoms with E-state index in [0.29, 0.717) is 24.6 Å².